The number of nitrogens with two attached hydrogens (primary N) is 1. The van der Waals surface area contributed by atoms with Gasteiger partial charge in [-0.05, 0) is 0 Å². The molecule has 0 saturated heterocycles. The highest BCUT2D eigenvalue weighted by Crippen LogP contribution is 2.29. The topological polar surface area (TPSA) is 38.4 Å². The Balaban J connectivity index is 2.80. The summed E-state index contributed by atoms with van der Waals surface area (Å²) in [5.41, 5.74) is 4.33. The fourth-order valence-electron chi connectivity index (χ4n) is 0.839. The minimum atomic E-state index is -4.34. The Morgan fingerprint density at radius 1 is 1.55 bits per heavy atom. The molecule has 1 atom stereocenters. The van der Waals surface area contributed by atoms with E-state index in [-0.39, 0.29) is 6.42 Å². The zero-order valence-corrected chi connectivity index (χ0v) is 5.60. The summed E-state index contributed by atoms with van der Waals surface area (Å²) in [4.78, 5) is 3.44. The van der Waals surface area contributed by atoms with Crippen molar-refractivity contribution in [2.75, 3.05) is 0 Å². The van der Waals surface area contributed by atoms with Crippen LogP contribution in [0.25, 0.3) is 0 Å². The third-order valence-corrected chi connectivity index (χ3v) is 1.36. The van der Waals surface area contributed by atoms with Crippen molar-refractivity contribution in [1.29, 1.82) is 0 Å². The van der Waals surface area contributed by atoms with E-state index in [1.807, 2.05) is 0 Å². The highest BCUT2D eigenvalue weighted by atomic mass is 19.4. The van der Waals surface area contributed by atoms with E-state index in [0.29, 0.717) is 0 Å². The first-order valence-electron chi connectivity index (χ1n) is 3.06. The fourth-order valence-corrected chi connectivity index (χ4v) is 0.839. The maximum absolute atomic E-state index is 12.0. The molecule has 0 aromatic heterocycles. The van der Waals surface area contributed by atoms with Gasteiger partial charge in [-0.25, -0.2) is 0 Å². The normalized spacial score (nSPS) is 25.1. The fraction of sp³-hybridized carbons (Fsp3) is 0.500. The number of aliphatic imine (C=N–C) groups is 1. The summed E-state index contributed by atoms with van der Waals surface area (Å²) in [5, 5.41) is 0. The van der Waals surface area contributed by atoms with Crippen LogP contribution in [0.3, 0.4) is 0 Å². The van der Waals surface area contributed by atoms with E-state index in [9.17, 15) is 13.2 Å². The Hall–Kier alpha value is -0.840. The first-order chi connectivity index (χ1) is 5.02. The van der Waals surface area contributed by atoms with E-state index in [1.165, 1.54) is 6.21 Å². The Morgan fingerprint density at radius 3 is 2.55 bits per heavy atom. The van der Waals surface area contributed by atoms with Gasteiger partial charge < -0.3 is 5.73 Å². The van der Waals surface area contributed by atoms with Crippen LogP contribution in [0.15, 0.2) is 16.6 Å². The number of nitrogens with zero attached hydrogens (tertiary/aromatic N) is 1. The molecule has 0 bridgehead atoms. The molecule has 0 fully saturated rings. The highest BCUT2D eigenvalue weighted by Gasteiger charge is 2.37. The van der Waals surface area contributed by atoms with Crippen molar-refractivity contribution < 1.29 is 13.2 Å². The average molecular weight is 164 g/mol. The van der Waals surface area contributed by atoms with E-state index < -0.39 is 17.9 Å². The highest BCUT2D eigenvalue weighted by molar-refractivity contribution is 5.62. The van der Waals surface area contributed by atoms with Gasteiger partial charge in [-0.15, -0.1) is 0 Å². The number of rotatable bonds is 0. The number of allylic oxidation sites excluding steroid dienone is 1. The Kier molecular flexibility index (Phi) is 1.99. The standard InChI is InChI=1S/C6H7F3N2/c7-6(8,9)4-2-1-3-11-5(4)10/h2-3,5H,1,10H2. The summed E-state index contributed by atoms with van der Waals surface area (Å²) in [6.07, 6.45) is -2.93. The van der Waals surface area contributed by atoms with Gasteiger partial charge in [0, 0.05) is 12.6 Å². The molecule has 2 N–H and O–H groups in total. The molecular formula is C6H7F3N2. The summed E-state index contributed by atoms with van der Waals surface area (Å²) in [6.45, 7) is 0. The number of halogens is 3. The van der Waals surface area contributed by atoms with Gasteiger partial charge in [-0.3, -0.25) is 4.99 Å². The van der Waals surface area contributed by atoms with Crippen LogP contribution in [-0.2, 0) is 0 Å². The van der Waals surface area contributed by atoms with Gasteiger partial charge in [0.15, 0.2) is 0 Å². The first kappa shape index (κ1) is 8.26. The second-order valence-corrected chi connectivity index (χ2v) is 2.17. The van der Waals surface area contributed by atoms with Gasteiger partial charge in [0.05, 0.1) is 5.57 Å². The molecule has 1 aliphatic heterocycles. The molecule has 11 heavy (non-hydrogen) atoms. The number of dihydropyridines is 1. The van der Waals surface area contributed by atoms with Gasteiger partial charge in [0.2, 0.25) is 0 Å². The molecule has 0 aromatic rings. The third-order valence-electron chi connectivity index (χ3n) is 1.36. The van der Waals surface area contributed by atoms with Crippen LogP contribution in [0.1, 0.15) is 6.42 Å². The van der Waals surface area contributed by atoms with Crippen LogP contribution < -0.4 is 5.73 Å². The number of alkyl halides is 3. The van der Waals surface area contributed by atoms with Gasteiger partial charge in [0.1, 0.15) is 6.17 Å². The zero-order chi connectivity index (χ0) is 8.48. The molecule has 0 spiro atoms. The van der Waals surface area contributed by atoms with E-state index in [4.69, 9.17) is 5.73 Å². The van der Waals surface area contributed by atoms with Crippen molar-refractivity contribution in [3.05, 3.63) is 11.6 Å². The lowest BCUT2D eigenvalue weighted by atomic mass is 10.1. The summed E-state index contributed by atoms with van der Waals surface area (Å²) < 4.78 is 35.9. The monoisotopic (exact) mass is 164 g/mol. The molecular weight excluding hydrogens is 157 g/mol. The largest absolute Gasteiger partial charge is 0.415 e. The molecule has 1 aliphatic rings. The smallest absolute Gasteiger partial charge is 0.306 e. The number of hydrogen-bond donors (Lipinski definition) is 1. The zero-order valence-electron chi connectivity index (χ0n) is 5.60. The molecule has 0 saturated carbocycles. The summed E-state index contributed by atoms with van der Waals surface area (Å²) in [5.74, 6) is 0. The molecule has 2 nitrogen and oxygen atoms in total. The van der Waals surface area contributed by atoms with Gasteiger partial charge in [-0.1, -0.05) is 6.08 Å². The lowest BCUT2D eigenvalue weighted by Gasteiger charge is -2.17. The van der Waals surface area contributed by atoms with Crippen molar-refractivity contribution in [2.45, 2.75) is 18.8 Å². The maximum atomic E-state index is 12.0. The Bertz CT molecular complexity index is 204. The third kappa shape index (κ3) is 1.80. The molecule has 62 valence electrons. The second-order valence-electron chi connectivity index (χ2n) is 2.17. The maximum Gasteiger partial charge on any atom is 0.415 e. The van der Waals surface area contributed by atoms with E-state index >= 15 is 0 Å². The molecule has 0 aromatic carbocycles. The Morgan fingerprint density at radius 2 is 2.18 bits per heavy atom. The van der Waals surface area contributed by atoms with Crippen LogP contribution in [0.2, 0.25) is 0 Å². The van der Waals surface area contributed by atoms with E-state index in [0.717, 1.165) is 6.08 Å². The summed E-state index contributed by atoms with van der Waals surface area (Å²) in [7, 11) is 0. The molecule has 0 aliphatic carbocycles. The van der Waals surface area contributed by atoms with Crippen LogP contribution in [0.4, 0.5) is 13.2 Å². The van der Waals surface area contributed by atoms with Crippen LogP contribution in [0, 0.1) is 0 Å². The van der Waals surface area contributed by atoms with Crippen LogP contribution >= 0.6 is 0 Å². The summed E-state index contributed by atoms with van der Waals surface area (Å²) >= 11 is 0. The Labute approximate surface area is 61.6 Å². The average Bonchev–Trinajstić information content (AvgIpc) is 1.86. The van der Waals surface area contributed by atoms with Crippen molar-refractivity contribution in [3.63, 3.8) is 0 Å². The second kappa shape index (κ2) is 2.65. The SMILES string of the molecule is NC1N=CCC=C1C(F)(F)F. The molecule has 0 amide bonds. The van der Waals surface area contributed by atoms with Crippen molar-refractivity contribution in [1.82, 2.24) is 0 Å². The van der Waals surface area contributed by atoms with Crippen LogP contribution in [-0.4, -0.2) is 18.6 Å². The predicted molar refractivity (Wildman–Crippen MR) is 35.2 cm³/mol. The minimum Gasteiger partial charge on any atom is -0.306 e. The minimum absolute atomic E-state index is 0.211. The lowest BCUT2D eigenvalue weighted by molar-refractivity contribution is -0.0956. The van der Waals surface area contributed by atoms with E-state index in [2.05, 4.69) is 4.99 Å². The van der Waals surface area contributed by atoms with Gasteiger partial charge in [-0.2, -0.15) is 13.2 Å². The predicted octanol–water partition coefficient (Wildman–Crippen LogP) is 1.23. The van der Waals surface area contributed by atoms with Crippen molar-refractivity contribution >= 4 is 6.21 Å². The van der Waals surface area contributed by atoms with Crippen molar-refractivity contribution in [2.24, 2.45) is 10.7 Å². The van der Waals surface area contributed by atoms with Crippen molar-refractivity contribution in [3.8, 4) is 0 Å². The van der Waals surface area contributed by atoms with Gasteiger partial charge >= 0.3 is 6.18 Å². The number of hydrogen-bond acceptors (Lipinski definition) is 2. The summed E-state index contributed by atoms with van der Waals surface area (Å²) in [6, 6.07) is 0. The molecule has 1 rings (SSSR count). The molecule has 1 heterocycles. The molecule has 1 unspecified atom stereocenters. The lowest BCUT2D eigenvalue weighted by Crippen LogP contribution is -2.31. The first-order valence-corrected chi connectivity index (χ1v) is 3.06. The molecule has 0 radical (unpaired) electrons. The van der Waals surface area contributed by atoms with Gasteiger partial charge in [0.25, 0.3) is 0 Å². The quantitative estimate of drug-likeness (QED) is 0.537. The van der Waals surface area contributed by atoms with Crippen LogP contribution in [0.5, 0.6) is 0 Å². The molecule has 5 heteroatoms. The van der Waals surface area contributed by atoms with E-state index in [1.54, 1.807) is 0 Å².